The van der Waals surface area contributed by atoms with Crippen LogP contribution in [0, 0.1) is 48.8 Å². The molecule has 11 rings (SSSR count). The zero-order valence-corrected chi connectivity index (χ0v) is 42.7. The smallest absolute Gasteiger partial charge is 0.137 e. The summed E-state index contributed by atoms with van der Waals surface area (Å²) in [5.41, 5.74) is 6.96. The third-order valence-electron chi connectivity index (χ3n) is 14.0. The molecule has 8 aromatic carbocycles. The number of fused-ring (bicyclic) bond motifs is 4. The predicted molar refractivity (Wildman–Crippen MR) is 290 cm³/mol. The van der Waals surface area contributed by atoms with Crippen LogP contribution in [0.5, 0.6) is 11.5 Å². The second-order valence-electron chi connectivity index (χ2n) is 21.5. The van der Waals surface area contributed by atoms with Crippen LogP contribution in [0.4, 0.5) is 49.1 Å². The molecule has 376 valence electrons. The van der Waals surface area contributed by atoms with E-state index < -0.39 is 51.4 Å². The lowest BCUT2D eigenvalue weighted by atomic mass is 9.81. The number of pyridine rings is 1. The van der Waals surface area contributed by atoms with E-state index >= 15 is 17.6 Å². The van der Waals surface area contributed by atoms with Crippen molar-refractivity contribution in [1.29, 1.82) is 0 Å². The van der Waals surface area contributed by atoms with Crippen LogP contribution in [-0.4, -0.2) is 16.2 Å². The van der Waals surface area contributed by atoms with Crippen LogP contribution in [0.25, 0.3) is 61.0 Å². The fourth-order valence-electron chi connectivity index (χ4n) is 10.5. The second-order valence-corrected chi connectivity index (χ2v) is 21.5. The number of para-hydroxylation sites is 3. The molecule has 0 unspecified atom stereocenters. The van der Waals surface area contributed by atoms with Crippen LogP contribution in [0.3, 0.4) is 0 Å². The number of aromatic nitrogens is 2. The first-order chi connectivity index (χ1) is 35.7. The molecular weight excluding hydrogens is 955 g/mol. The van der Waals surface area contributed by atoms with Gasteiger partial charge in [-0.25, -0.2) is 31.3 Å². The van der Waals surface area contributed by atoms with Gasteiger partial charge in [0.2, 0.25) is 0 Å². The first kappa shape index (κ1) is 48.9. The SMILES string of the molecule is Cc1cc(C)cc(-c2cc(Oc3ccc4c5ccccc5n(-c5cc(C(C)(C)C)ccn5)c4c3)cc(N3CN(c4c(-c5c(F)cc(F)cc5F)cc(C(C)(C)C)cc4-c4c(F)cc(F)cc4F)c4ccccc43)c2)c1. The van der Waals surface area contributed by atoms with Crippen LogP contribution in [0.2, 0.25) is 0 Å². The Kier molecular flexibility index (Phi) is 11.9. The Balaban J connectivity index is 1.11. The summed E-state index contributed by atoms with van der Waals surface area (Å²) in [5.74, 6) is -5.31. The maximum absolute atomic E-state index is 16.3. The minimum Gasteiger partial charge on any atom is -0.457 e. The standard InChI is InChI=1S/C64H52F6N4O/c1-36-21-37(2)23-38(22-36)39-24-44(33-46(25-39)75-45-17-18-48-47-13-9-10-14-55(47)74(58(48)34-45)59-28-40(19-20-71-59)63(3,4)5)72-35-73(57-16-12-11-15-56(57)72)62-49(60-51(67)29-42(65)30-52(60)68)26-41(64(6,7)8)27-50(62)61-53(69)31-43(66)32-54(61)70/h9-34H,35H2,1-8H3. The van der Waals surface area contributed by atoms with E-state index in [9.17, 15) is 8.78 Å². The maximum atomic E-state index is 16.3. The van der Waals surface area contributed by atoms with Crippen LogP contribution in [0.15, 0.2) is 158 Å². The van der Waals surface area contributed by atoms with Gasteiger partial charge < -0.3 is 14.5 Å². The van der Waals surface area contributed by atoms with E-state index in [1.807, 2.05) is 106 Å². The summed E-state index contributed by atoms with van der Waals surface area (Å²) in [5, 5.41) is 2.09. The molecule has 11 heteroatoms. The molecule has 1 aliphatic rings. The molecule has 5 nitrogen and oxygen atoms in total. The molecule has 10 aromatic rings. The molecule has 0 spiro atoms. The van der Waals surface area contributed by atoms with Crippen LogP contribution in [0.1, 0.15) is 63.8 Å². The van der Waals surface area contributed by atoms with Gasteiger partial charge >= 0.3 is 0 Å². The number of nitrogens with zero attached hydrogens (tertiary/aromatic N) is 4. The summed E-state index contributed by atoms with van der Waals surface area (Å²) in [6.45, 7) is 16.1. The summed E-state index contributed by atoms with van der Waals surface area (Å²) in [4.78, 5) is 8.58. The number of benzene rings is 8. The third kappa shape index (κ3) is 8.94. The zero-order chi connectivity index (χ0) is 52.8. The molecule has 0 saturated carbocycles. The molecule has 2 aromatic heterocycles. The van der Waals surface area contributed by atoms with E-state index in [1.165, 1.54) is 0 Å². The number of rotatable bonds is 8. The fourth-order valence-corrected chi connectivity index (χ4v) is 10.5. The molecule has 1 aliphatic heterocycles. The second kappa shape index (κ2) is 18.3. The Morgan fingerprint density at radius 3 is 1.63 bits per heavy atom. The lowest BCUT2D eigenvalue weighted by Crippen LogP contribution is -2.26. The van der Waals surface area contributed by atoms with Gasteiger partial charge in [0.15, 0.2) is 0 Å². The minimum atomic E-state index is -1.22. The summed E-state index contributed by atoms with van der Waals surface area (Å²) in [6, 6.07) is 43.4. The highest BCUT2D eigenvalue weighted by Gasteiger charge is 2.36. The lowest BCUT2D eigenvalue weighted by molar-refractivity contribution is 0.483. The summed E-state index contributed by atoms with van der Waals surface area (Å²) < 4.78 is 104. The van der Waals surface area contributed by atoms with Gasteiger partial charge in [0.25, 0.3) is 0 Å². The summed E-state index contributed by atoms with van der Waals surface area (Å²) in [7, 11) is 0. The molecule has 0 fully saturated rings. The maximum Gasteiger partial charge on any atom is 0.137 e. The Morgan fingerprint density at radius 1 is 0.480 bits per heavy atom. The quantitative estimate of drug-likeness (QED) is 0.142. The highest BCUT2D eigenvalue weighted by molar-refractivity contribution is 6.09. The fraction of sp³-hybridized carbons (Fsp3) is 0.172. The van der Waals surface area contributed by atoms with Crippen molar-refractivity contribution in [1.82, 2.24) is 9.55 Å². The zero-order valence-electron chi connectivity index (χ0n) is 42.7. The molecule has 75 heavy (non-hydrogen) atoms. The van der Waals surface area contributed by atoms with E-state index in [0.29, 0.717) is 58.4 Å². The molecule has 0 aliphatic carbocycles. The summed E-state index contributed by atoms with van der Waals surface area (Å²) in [6.07, 6.45) is 1.84. The van der Waals surface area contributed by atoms with Crippen molar-refractivity contribution in [3.8, 4) is 50.7 Å². The van der Waals surface area contributed by atoms with Gasteiger partial charge in [-0.15, -0.1) is 0 Å². The number of aryl methyl sites for hydroxylation is 2. The average molecular weight is 1010 g/mol. The number of hydrogen-bond acceptors (Lipinski definition) is 4. The lowest BCUT2D eigenvalue weighted by Gasteiger charge is -2.30. The highest BCUT2D eigenvalue weighted by Crippen LogP contribution is 2.53. The van der Waals surface area contributed by atoms with Gasteiger partial charge in [0, 0.05) is 70.2 Å². The topological polar surface area (TPSA) is 33.5 Å². The Hall–Kier alpha value is -8.31. The normalized spacial score (nSPS) is 12.8. The van der Waals surface area contributed by atoms with Crippen molar-refractivity contribution in [2.45, 2.75) is 66.2 Å². The predicted octanol–water partition coefficient (Wildman–Crippen LogP) is 18.3. The van der Waals surface area contributed by atoms with Gasteiger partial charge in [-0.05, 0) is 114 Å². The number of ether oxygens (including phenoxy) is 1. The van der Waals surface area contributed by atoms with E-state index in [2.05, 4.69) is 67.8 Å². The van der Waals surface area contributed by atoms with Gasteiger partial charge in [0.1, 0.15) is 58.9 Å². The van der Waals surface area contributed by atoms with Gasteiger partial charge in [-0.2, -0.15) is 0 Å². The van der Waals surface area contributed by atoms with Crippen molar-refractivity contribution in [3.05, 3.63) is 215 Å². The molecule has 0 radical (unpaired) electrons. The molecule has 0 atom stereocenters. The van der Waals surface area contributed by atoms with Crippen LogP contribution in [-0.2, 0) is 10.8 Å². The largest absolute Gasteiger partial charge is 0.457 e. The monoisotopic (exact) mass is 1010 g/mol. The molecule has 3 heterocycles. The van der Waals surface area contributed by atoms with Gasteiger partial charge in [0.05, 0.1) is 39.2 Å². The van der Waals surface area contributed by atoms with Crippen molar-refractivity contribution in [3.63, 3.8) is 0 Å². The molecule has 0 N–H and O–H groups in total. The van der Waals surface area contributed by atoms with E-state index in [1.54, 1.807) is 29.2 Å². The van der Waals surface area contributed by atoms with Gasteiger partial charge in [-0.1, -0.05) is 101 Å². The van der Waals surface area contributed by atoms with Crippen molar-refractivity contribution in [2.24, 2.45) is 0 Å². The van der Waals surface area contributed by atoms with Crippen LogP contribution >= 0.6 is 0 Å². The van der Waals surface area contributed by atoms with Crippen molar-refractivity contribution in [2.75, 3.05) is 16.5 Å². The van der Waals surface area contributed by atoms with E-state index in [-0.39, 0.29) is 28.9 Å². The average Bonchev–Trinajstić information content (AvgIpc) is 3.88. The molecular formula is C64H52F6N4O. The number of hydrogen-bond donors (Lipinski definition) is 0. The minimum absolute atomic E-state index is 0.0138. The molecule has 0 saturated heterocycles. The Bertz CT molecular complexity index is 3800. The summed E-state index contributed by atoms with van der Waals surface area (Å²) >= 11 is 0. The molecule has 0 bridgehead atoms. The van der Waals surface area contributed by atoms with Crippen LogP contribution < -0.4 is 14.5 Å². The number of anilines is 4. The first-order valence-electron chi connectivity index (χ1n) is 24.7. The van der Waals surface area contributed by atoms with E-state index in [0.717, 1.165) is 55.4 Å². The Morgan fingerprint density at radius 2 is 1.03 bits per heavy atom. The third-order valence-corrected chi connectivity index (χ3v) is 14.0. The Labute approximate surface area is 431 Å². The van der Waals surface area contributed by atoms with E-state index in [4.69, 9.17) is 9.72 Å². The van der Waals surface area contributed by atoms with Gasteiger partial charge in [-0.3, -0.25) is 4.57 Å². The highest BCUT2D eigenvalue weighted by atomic mass is 19.2. The van der Waals surface area contributed by atoms with Crippen molar-refractivity contribution < 1.29 is 31.1 Å². The first-order valence-corrected chi connectivity index (χ1v) is 24.7. The van der Waals surface area contributed by atoms with Crippen molar-refractivity contribution >= 4 is 44.6 Å². The number of halogens is 6. The molecule has 0 amide bonds.